The van der Waals surface area contributed by atoms with E-state index in [-0.39, 0.29) is 11.8 Å². The Labute approximate surface area is 114 Å². The van der Waals surface area contributed by atoms with Gasteiger partial charge in [-0.15, -0.1) is 0 Å². The summed E-state index contributed by atoms with van der Waals surface area (Å²) in [5.74, 6) is 0.0978. The molecule has 0 fully saturated rings. The second kappa shape index (κ2) is 5.13. The molecule has 0 aliphatic heterocycles. The maximum absolute atomic E-state index is 11.9. The Bertz CT molecular complexity index is 615. The van der Waals surface area contributed by atoms with E-state index in [4.69, 9.17) is 0 Å². The third kappa shape index (κ3) is 2.16. The number of carbonyl (C=O) groups excluding carboxylic acids is 1. The summed E-state index contributed by atoms with van der Waals surface area (Å²) >= 11 is 0. The van der Waals surface area contributed by atoms with Crippen molar-refractivity contribution in [2.24, 2.45) is 0 Å². The molecule has 0 saturated carbocycles. The normalized spacial score (nSPS) is 13.2. The summed E-state index contributed by atoms with van der Waals surface area (Å²) in [6.07, 6.45) is 1.76. The van der Waals surface area contributed by atoms with Gasteiger partial charge in [0, 0.05) is 17.8 Å². The number of hydrogen-bond acceptors (Lipinski definition) is 3. The molecular weight excluding hydrogens is 238 g/mol. The first-order valence-electron chi connectivity index (χ1n) is 6.66. The molecule has 0 bridgehead atoms. The average Bonchev–Trinajstić information content (AvgIpc) is 2.69. The van der Waals surface area contributed by atoms with Crippen molar-refractivity contribution in [3.63, 3.8) is 0 Å². The van der Waals surface area contributed by atoms with E-state index >= 15 is 0 Å². The van der Waals surface area contributed by atoms with Crippen LogP contribution >= 0.6 is 0 Å². The van der Waals surface area contributed by atoms with Gasteiger partial charge in [0.05, 0.1) is 11.2 Å². The molecule has 0 aliphatic rings. The van der Waals surface area contributed by atoms with E-state index in [9.17, 15) is 4.79 Å². The quantitative estimate of drug-likeness (QED) is 0.792. The lowest BCUT2D eigenvalue weighted by atomic mass is 10.0. The Hall–Kier alpha value is -1.68. The molecule has 1 atom stereocenters. The number of carbonyl (C=O) groups is 1. The first kappa shape index (κ1) is 13.7. The summed E-state index contributed by atoms with van der Waals surface area (Å²) in [6, 6.07) is 4.05. The van der Waals surface area contributed by atoms with E-state index in [2.05, 4.69) is 30.9 Å². The zero-order valence-corrected chi connectivity index (χ0v) is 12.3. The molecule has 4 heteroatoms. The van der Waals surface area contributed by atoms with Crippen molar-refractivity contribution in [3.8, 4) is 0 Å². The van der Waals surface area contributed by atoms with Crippen LogP contribution in [-0.4, -0.2) is 33.9 Å². The molecule has 0 N–H and O–H groups in total. The lowest BCUT2D eigenvalue weighted by molar-refractivity contribution is 0.101. The molecule has 0 amide bonds. The molecule has 102 valence electrons. The number of hydrogen-bond donors (Lipinski definition) is 0. The predicted octanol–water partition coefficient (Wildman–Crippen LogP) is 2.86. The van der Waals surface area contributed by atoms with Gasteiger partial charge >= 0.3 is 0 Å². The van der Waals surface area contributed by atoms with E-state index < -0.39 is 0 Å². The molecule has 1 unspecified atom stereocenters. The Morgan fingerprint density at radius 3 is 2.79 bits per heavy atom. The first-order chi connectivity index (χ1) is 8.99. The van der Waals surface area contributed by atoms with Crippen molar-refractivity contribution in [1.29, 1.82) is 0 Å². The molecule has 2 heterocycles. The Morgan fingerprint density at radius 1 is 1.53 bits per heavy atom. The smallest absolute Gasteiger partial charge is 0.162 e. The topological polar surface area (TPSA) is 37.6 Å². The van der Waals surface area contributed by atoms with Crippen LogP contribution in [-0.2, 0) is 0 Å². The zero-order valence-electron chi connectivity index (χ0n) is 12.3. The van der Waals surface area contributed by atoms with Gasteiger partial charge in [-0.1, -0.05) is 6.92 Å². The second-order valence-electron chi connectivity index (χ2n) is 5.01. The second-order valence-corrected chi connectivity index (χ2v) is 5.01. The highest BCUT2D eigenvalue weighted by Gasteiger charge is 2.23. The fourth-order valence-corrected chi connectivity index (χ4v) is 2.65. The van der Waals surface area contributed by atoms with Crippen molar-refractivity contribution in [3.05, 3.63) is 35.2 Å². The van der Waals surface area contributed by atoms with E-state index in [0.717, 1.165) is 28.9 Å². The molecule has 0 spiro atoms. The highest BCUT2D eigenvalue weighted by atomic mass is 16.1. The molecule has 2 aromatic rings. The lowest BCUT2D eigenvalue weighted by Crippen LogP contribution is -2.23. The minimum atomic E-state index is 0.0978. The van der Waals surface area contributed by atoms with Crippen molar-refractivity contribution < 1.29 is 4.79 Å². The molecule has 2 aromatic heterocycles. The van der Waals surface area contributed by atoms with Crippen molar-refractivity contribution in [1.82, 2.24) is 14.5 Å². The molecule has 0 aliphatic carbocycles. The van der Waals surface area contributed by atoms with Gasteiger partial charge in [0.2, 0.25) is 0 Å². The molecule has 2 rings (SSSR count). The molecule has 4 nitrogen and oxygen atoms in total. The van der Waals surface area contributed by atoms with Crippen LogP contribution in [0.2, 0.25) is 0 Å². The zero-order chi connectivity index (χ0) is 14.2. The highest BCUT2D eigenvalue weighted by molar-refractivity contribution is 6.02. The fourth-order valence-electron chi connectivity index (χ4n) is 2.65. The number of rotatable bonds is 4. The summed E-state index contributed by atoms with van der Waals surface area (Å²) in [5.41, 5.74) is 3.84. The van der Waals surface area contributed by atoms with Crippen LogP contribution in [0.3, 0.4) is 0 Å². The molecule has 19 heavy (non-hydrogen) atoms. The van der Waals surface area contributed by atoms with Crippen molar-refractivity contribution >= 4 is 11.3 Å². The maximum Gasteiger partial charge on any atom is 0.162 e. The largest absolute Gasteiger partial charge is 0.298 e. The average molecular weight is 259 g/mol. The molecule has 0 saturated heterocycles. The van der Waals surface area contributed by atoms with Gasteiger partial charge in [0.1, 0.15) is 0 Å². The van der Waals surface area contributed by atoms with E-state index in [1.54, 1.807) is 13.1 Å². The lowest BCUT2D eigenvalue weighted by Gasteiger charge is -2.23. The fraction of sp³-hybridized carbons (Fsp3) is 0.467. The Morgan fingerprint density at radius 2 is 2.21 bits per heavy atom. The van der Waals surface area contributed by atoms with Crippen molar-refractivity contribution in [2.75, 3.05) is 13.6 Å². The minimum absolute atomic E-state index is 0.0978. The van der Waals surface area contributed by atoms with Gasteiger partial charge < -0.3 is 0 Å². The number of nitrogens with zero attached hydrogens (tertiary/aromatic N) is 3. The monoisotopic (exact) mass is 259 g/mol. The van der Waals surface area contributed by atoms with Crippen LogP contribution in [0.15, 0.2) is 18.3 Å². The third-order valence-corrected chi connectivity index (χ3v) is 3.90. The van der Waals surface area contributed by atoms with Crippen LogP contribution in [0.4, 0.5) is 0 Å². The van der Waals surface area contributed by atoms with Crippen LogP contribution in [0.1, 0.15) is 48.4 Å². The maximum atomic E-state index is 11.9. The van der Waals surface area contributed by atoms with E-state index in [1.165, 1.54) is 0 Å². The molecule has 0 radical (unpaired) electrons. The summed E-state index contributed by atoms with van der Waals surface area (Å²) in [4.78, 5) is 14.1. The van der Waals surface area contributed by atoms with Crippen LogP contribution in [0.5, 0.6) is 0 Å². The molecule has 0 aromatic carbocycles. The number of aromatic nitrogens is 2. The number of ketones is 1. The minimum Gasteiger partial charge on any atom is -0.298 e. The standard InChI is InChI=1S/C15H21N3O/c1-6-17(5)11(3)15-10(2)14(12(4)19)13-8-7-9-16-18(13)15/h7-9,11H,6H2,1-5H3. The SMILES string of the molecule is CCN(C)C(C)c1c(C)c(C(C)=O)c2cccnn12. The Balaban J connectivity index is 2.74. The van der Waals surface area contributed by atoms with Gasteiger partial charge in [-0.2, -0.15) is 5.10 Å². The predicted molar refractivity (Wildman–Crippen MR) is 76.7 cm³/mol. The van der Waals surface area contributed by atoms with Crippen LogP contribution < -0.4 is 0 Å². The summed E-state index contributed by atoms with van der Waals surface area (Å²) in [6.45, 7) is 8.86. The first-order valence-corrected chi connectivity index (χ1v) is 6.66. The van der Waals surface area contributed by atoms with E-state index in [0.29, 0.717) is 0 Å². The van der Waals surface area contributed by atoms with E-state index in [1.807, 2.05) is 23.6 Å². The summed E-state index contributed by atoms with van der Waals surface area (Å²) < 4.78 is 1.91. The van der Waals surface area contributed by atoms with Gasteiger partial charge in [-0.25, -0.2) is 4.52 Å². The Kier molecular flexibility index (Phi) is 3.71. The van der Waals surface area contributed by atoms with Gasteiger partial charge in [-0.05, 0) is 52.1 Å². The highest BCUT2D eigenvalue weighted by Crippen LogP contribution is 2.29. The van der Waals surface area contributed by atoms with Crippen molar-refractivity contribution in [2.45, 2.75) is 33.7 Å². The summed E-state index contributed by atoms with van der Waals surface area (Å²) in [5, 5.41) is 4.42. The number of fused-ring (bicyclic) bond motifs is 1. The van der Waals surface area contributed by atoms with Crippen LogP contribution in [0.25, 0.3) is 5.52 Å². The van der Waals surface area contributed by atoms with Gasteiger partial charge in [0.25, 0.3) is 0 Å². The van der Waals surface area contributed by atoms with Gasteiger partial charge in [0.15, 0.2) is 5.78 Å². The number of Topliss-reactive ketones (excluding diaryl/α,β-unsaturated/α-hetero) is 1. The van der Waals surface area contributed by atoms with Crippen LogP contribution in [0, 0.1) is 6.92 Å². The third-order valence-electron chi connectivity index (χ3n) is 3.90. The van der Waals surface area contributed by atoms with Gasteiger partial charge in [-0.3, -0.25) is 9.69 Å². The molecular formula is C15H21N3O. The summed E-state index contributed by atoms with van der Waals surface area (Å²) in [7, 11) is 2.08.